The molecule has 4 rings (SSSR count). The van der Waals surface area contributed by atoms with Crippen molar-refractivity contribution in [3.8, 4) is 0 Å². The monoisotopic (exact) mass is 389 g/mol. The van der Waals surface area contributed by atoms with Gasteiger partial charge in [-0.3, -0.25) is 9.88 Å². The summed E-state index contributed by atoms with van der Waals surface area (Å²) < 4.78 is 4.96. The zero-order valence-corrected chi connectivity index (χ0v) is 16.9. The highest BCUT2D eigenvalue weighted by Gasteiger charge is 2.13. The zero-order chi connectivity index (χ0) is 20.1. The Bertz CT molecular complexity index is 996. The van der Waals surface area contributed by atoms with Crippen molar-refractivity contribution in [2.45, 2.75) is 32.4 Å². The molecule has 1 aromatic heterocycles. The SMILES string of the molecule is COC(=O)c1cc(CNc2cccc(CN3CCCCC3)c2)nc2ccccc12. The van der Waals surface area contributed by atoms with E-state index >= 15 is 0 Å². The lowest BCUT2D eigenvalue weighted by Crippen LogP contribution is -2.29. The summed E-state index contributed by atoms with van der Waals surface area (Å²) >= 11 is 0. The number of rotatable bonds is 6. The van der Waals surface area contributed by atoms with Crippen molar-refractivity contribution in [1.82, 2.24) is 9.88 Å². The van der Waals surface area contributed by atoms with Crippen LogP contribution < -0.4 is 5.32 Å². The van der Waals surface area contributed by atoms with Gasteiger partial charge in [0.25, 0.3) is 0 Å². The van der Waals surface area contributed by atoms with Gasteiger partial charge in [-0.1, -0.05) is 36.8 Å². The third-order valence-electron chi connectivity index (χ3n) is 5.43. The number of hydrogen-bond donors (Lipinski definition) is 1. The number of ether oxygens (including phenoxy) is 1. The number of esters is 1. The van der Waals surface area contributed by atoms with Gasteiger partial charge in [-0.05, 0) is 55.8 Å². The van der Waals surface area contributed by atoms with E-state index in [9.17, 15) is 4.79 Å². The number of aromatic nitrogens is 1. The first-order valence-corrected chi connectivity index (χ1v) is 10.2. The maximum atomic E-state index is 12.2. The van der Waals surface area contributed by atoms with Crippen LogP contribution in [-0.4, -0.2) is 36.1 Å². The highest BCUT2D eigenvalue weighted by Crippen LogP contribution is 2.21. The number of pyridine rings is 1. The maximum Gasteiger partial charge on any atom is 0.338 e. The van der Waals surface area contributed by atoms with Crippen LogP contribution >= 0.6 is 0 Å². The summed E-state index contributed by atoms with van der Waals surface area (Å²) in [5, 5.41) is 4.27. The van der Waals surface area contributed by atoms with Gasteiger partial charge in [-0.25, -0.2) is 4.79 Å². The van der Waals surface area contributed by atoms with Gasteiger partial charge >= 0.3 is 5.97 Å². The lowest BCUT2D eigenvalue weighted by molar-refractivity contribution is 0.0603. The highest BCUT2D eigenvalue weighted by atomic mass is 16.5. The summed E-state index contributed by atoms with van der Waals surface area (Å²) in [4.78, 5) is 19.4. The molecule has 1 fully saturated rings. The molecule has 1 aliphatic heterocycles. The third kappa shape index (κ3) is 4.74. The summed E-state index contributed by atoms with van der Waals surface area (Å²) in [7, 11) is 1.41. The van der Waals surface area contributed by atoms with E-state index in [4.69, 9.17) is 9.72 Å². The first kappa shape index (κ1) is 19.4. The fraction of sp³-hybridized carbons (Fsp3) is 0.333. The number of benzene rings is 2. The Labute approximate surface area is 171 Å². The lowest BCUT2D eigenvalue weighted by atomic mass is 10.1. The number of para-hydroxylation sites is 1. The quantitative estimate of drug-likeness (QED) is 0.624. The van der Waals surface area contributed by atoms with Crippen LogP contribution in [0.15, 0.2) is 54.6 Å². The van der Waals surface area contributed by atoms with Gasteiger partial charge in [-0.2, -0.15) is 0 Å². The predicted octanol–water partition coefficient (Wildman–Crippen LogP) is 4.62. The van der Waals surface area contributed by atoms with Gasteiger partial charge in [0, 0.05) is 17.6 Å². The van der Waals surface area contributed by atoms with E-state index in [-0.39, 0.29) is 5.97 Å². The molecule has 150 valence electrons. The largest absolute Gasteiger partial charge is 0.465 e. The van der Waals surface area contributed by atoms with Gasteiger partial charge in [0.1, 0.15) is 0 Å². The molecule has 1 aliphatic rings. The maximum absolute atomic E-state index is 12.2. The Balaban J connectivity index is 1.49. The molecule has 0 unspecified atom stereocenters. The molecule has 1 saturated heterocycles. The number of fused-ring (bicyclic) bond motifs is 1. The molecule has 5 heteroatoms. The standard InChI is InChI=1S/C24H27N3O2/c1-29-24(28)22-15-20(26-23-11-4-3-10-21(22)23)16-25-19-9-7-8-18(14-19)17-27-12-5-2-6-13-27/h3-4,7-11,14-15,25H,2,5-6,12-13,16-17H2,1H3. The summed E-state index contributed by atoms with van der Waals surface area (Å²) in [5.74, 6) is -0.339. The van der Waals surface area contributed by atoms with Crippen LogP contribution in [0.4, 0.5) is 5.69 Å². The van der Waals surface area contributed by atoms with E-state index in [1.807, 2.05) is 30.3 Å². The van der Waals surface area contributed by atoms with E-state index in [0.29, 0.717) is 12.1 Å². The molecule has 29 heavy (non-hydrogen) atoms. The molecule has 0 aliphatic carbocycles. The molecule has 5 nitrogen and oxygen atoms in total. The number of nitrogens with zero attached hydrogens (tertiary/aromatic N) is 2. The Kier molecular flexibility index (Phi) is 6.06. The summed E-state index contributed by atoms with van der Waals surface area (Å²) in [6.07, 6.45) is 3.95. The molecule has 0 spiro atoms. The van der Waals surface area contributed by atoms with Crippen LogP contribution in [0.25, 0.3) is 10.9 Å². The number of hydrogen-bond acceptors (Lipinski definition) is 5. The Hall–Kier alpha value is -2.92. The smallest absolute Gasteiger partial charge is 0.338 e. The van der Waals surface area contributed by atoms with Gasteiger partial charge in [0.15, 0.2) is 0 Å². The number of nitrogens with one attached hydrogen (secondary N) is 1. The third-order valence-corrected chi connectivity index (χ3v) is 5.43. The Morgan fingerprint density at radius 1 is 1.07 bits per heavy atom. The summed E-state index contributed by atoms with van der Waals surface area (Å²) in [5.41, 5.74) is 4.54. The highest BCUT2D eigenvalue weighted by molar-refractivity contribution is 6.03. The number of likely N-dealkylation sites (tertiary alicyclic amines) is 1. The van der Waals surface area contributed by atoms with Gasteiger partial charge in [0.05, 0.1) is 30.4 Å². The van der Waals surface area contributed by atoms with Crippen molar-refractivity contribution in [3.05, 3.63) is 71.4 Å². The average Bonchev–Trinajstić information content (AvgIpc) is 2.77. The van der Waals surface area contributed by atoms with Crippen LogP contribution in [0.2, 0.25) is 0 Å². The fourth-order valence-corrected chi connectivity index (χ4v) is 3.95. The van der Waals surface area contributed by atoms with Gasteiger partial charge < -0.3 is 10.1 Å². The van der Waals surface area contributed by atoms with E-state index in [0.717, 1.165) is 28.8 Å². The molecule has 3 aromatic rings. The molecular weight excluding hydrogens is 362 g/mol. The molecule has 2 aromatic carbocycles. The van der Waals surface area contributed by atoms with Crippen LogP contribution in [0.5, 0.6) is 0 Å². The van der Waals surface area contributed by atoms with Crippen molar-refractivity contribution in [3.63, 3.8) is 0 Å². The minimum atomic E-state index is -0.339. The van der Waals surface area contributed by atoms with Crippen LogP contribution in [0, 0.1) is 0 Å². The molecular formula is C24H27N3O2. The van der Waals surface area contributed by atoms with Gasteiger partial charge in [-0.15, -0.1) is 0 Å². The summed E-state index contributed by atoms with van der Waals surface area (Å²) in [6, 6.07) is 18.0. The topological polar surface area (TPSA) is 54.5 Å². The van der Waals surface area contributed by atoms with Crippen LogP contribution in [-0.2, 0) is 17.8 Å². The van der Waals surface area contributed by atoms with Crippen molar-refractivity contribution in [1.29, 1.82) is 0 Å². The summed E-state index contributed by atoms with van der Waals surface area (Å²) in [6.45, 7) is 3.92. The predicted molar refractivity (Wildman–Crippen MR) is 116 cm³/mol. The van der Waals surface area contributed by atoms with E-state index < -0.39 is 0 Å². The second-order valence-electron chi connectivity index (χ2n) is 7.56. The van der Waals surface area contributed by atoms with Crippen LogP contribution in [0.3, 0.4) is 0 Å². The van der Waals surface area contributed by atoms with E-state index in [1.54, 1.807) is 0 Å². The van der Waals surface area contributed by atoms with Crippen molar-refractivity contribution in [2.75, 3.05) is 25.5 Å². The molecule has 2 heterocycles. The van der Waals surface area contributed by atoms with E-state index in [1.165, 1.54) is 45.0 Å². The van der Waals surface area contributed by atoms with Crippen molar-refractivity contribution >= 4 is 22.6 Å². The lowest BCUT2D eigenvalue weighted by Gasteiger charge is -2.26. The van der Waals surface area contributed by atoms with Gasteiger partial charge in [0.2, 0.25) is 0 Å². The molecule has 0 radical (unpaired) electrons. The molecule has 1 N–H and O–H groups in total. The normalized spacial score (nSPS) is 14.7. The molecule has 0 amide bonds. The number of piperidine rings is 1. The van der Waals surface area contributed by atoms with Crippen molar-refractivity contribution < 1.29 is 9.53 Å². The Morgan fingerprint density at radius 3 is 2.72 bits per heavy atom. The second-order valence-corrected chi connectivity index (χ2v) is 7.56. The Morgan fingerprint density at radius 2 is 1.90 bits per heavy atom. The zero-order valence-electron chi connectivity index (χ0n) is 16.9. The molecule has 0 saturated carbocycles. The number of methoxy groups -OCH3 is 1. The minimum absolute atomic E-state index is 0.339. The first-order valence-electron chi connectivity index (χ1n) is 10.2. The molecule has 0 atom stereocenters. The molecule has 0 bridgehead atoms. The minimum Gasteiger partial charge on any atom is -0.465 e. The van der Waals surface area contributed by atoms with Crippen LogP contribution in [0.1, 0.15) is 40.9 Å². The van der Waals surface area contributed by atoms with Crippen molar-refractivity contribution in [2.24, 2.45) is 0 Å². The second kappa shape index (κ2) is 9.05. The number of carbonyl (C=O) groups excluding carboxylic acids is 1. The number of carbonyl (C=O) groups is 1. The average molecular weight is 389 g/mol. The fourth-order valence-electron chi connectivity index (χ4n) is 3.95. The first-order chi connectivity index (χ1) is 14.2. The number of anilines is 1. The van der Waals surface area contributed by atoms with E-state index in [2.05, 4.69) is 34.5 Å².